The molecule has 51 heteroatoms. The normalized spacial score (nSPS) is 13.2. The van der Waals surface area contributed by atoms with Gasteiger partial charge in [-0.15, -0.1) is 40.1 Å². The van der Waals surface area contributed by atoms with E-state index < -0.39 is 222 Å². The Bertz CT molecular complexity index is 5590. The molecule has 43 nitrogen and oxygen atoms in total. The van der Waals surface area contributed by atoms with Gasteiger partial charge in [-0.2, -0.15) is 64.0 Å². The van der Waals surface area contributed by atoms with Crippen LogP contribution in [0.15, 0.2) is 170 Å². The van der Waals surface area contributed by atoms with Gasteiger partial charge in [0.05, 0.1) is 49.2 Å². The number of carboxylic acids is 1. The third-order valence-corrected chi connectivity index (χ3v) is 18.8. The van der Waals surface area contributed by atoms with E-state index in [1.807, 2.05) is 5.10 Å². The Balaban J connectivity index is 1.27. The number of nitrogens with two attached hydrogens (primary N) is 1. The molecular weight excluding hydrogens is 1430 g/mol. The van der Waals surface area contributed by atoms with E-state index in [1.54, 1.807) is 0 Å². The number of carbonyl (C=O) groups is 1. The molecule has 0 bridgehead atoms. The van der Waals surface area contributed by atoms with E-state index in [4.69, 9.17) is 11.0 Å². The van der Waals surface area contributed by atoms with Crippen molar-refractivity contribution in [1.29, 1.82) is 0 Å². The van der Waals surface area contributed by atoms with Crippen molar-refractivity contribution in [2.24, 2.45) is 40.9 Å². The van der Waals surface area contributed by atoms with Gasteiger partial charge in [0.1, 0.15) is 63.5 Å². The summed E-state index contributed by atoms with van der Waals surface area (Å²) in [6, 6.07) is 7.85. The van der Waals surface area contributed by atoms with Gasteiger partial charge in [-0.25, -0.2) is 14.7 Å². The number of aromatic hydroxyl groups is 2. The molecule has 93 heavy (non-hydrogen) atoms. The summed E-state index contributed by atoms with van der Waals surface area (Å²) in [5.74, 6) is -4.83. The highest BCUT2D eigenvalue weighted by Gasteiger charge is 2.32. The van der Waals surface area contributed by atoms with Gasteiger partial charge in [-0.05, 0) is 72.8 Å². The molecule has 7 aromatic carbocycles. The van der Waals surface area contributed by atoms with Crippen LogP contribution in [0.4, 0.5) is 56.9 Å². The van der Waals surface area contributed by atoms with E-state index in [0.717, 1.165) is 24.3 Å². The van der Waals surface area contributed by atoms with Crippen molar-refractivity contribution in [2.45, 2.75) is 39.2 Å². The van der Waals surface area contributed by atoms with Gasteiger partial charge >= 0.3 is 5.97 Å². The largest absolute Gasteiger partial charge is 0.505 e. The molecule has 0 spiro atoms. The predicted octanol–water partition coefficient (Wildman–Crippen LogP) is 6.89. The summed E-state index contributed by atoms with van der Waals surface area (Å²) in [6.45, 7) is 0. The van der Waals surface area contributed by atoms with Gasteiger partial charge in [0, 0.05) is 28.3 Å². The highest BCUT2D eigenvalue weighted by Crippen LogP contribution is 2.51. The third-order valence-electron chi connectivity index (χ3n) is 12.0. The number of aromatic amines is 1. The molecule has 0 fully saturated rings. The number of non-ortho nitro benzene ring substituents is 1. The first-order chi connectivity index (χ1) is 42.8. The summed E-state index contributed by atoms with van der Waals surface area (Å²) in [6.07, 6.45) is 0. The highest BCUT2D eigenvalue weighted by atomic mass is 32.2. The zero-order chi connectivity index (χ0) is 69.2. The Morgan fingerprint density at radius 1 is 0.538 bits per heavy atom. The van der Waals surface area contributed by atoms with Gasteiger partial charge in [-0.1, -0.05) is 5.04 Å². The summed E-state index contributed by atoms with van der Waals surface area (Å²) in [4.78, 5) is 25.4. The molecule has 0 unspecified atom stereocenters. The third kappa shape index (κ3) is 14.4. The van der Waals surface area contributed by atoms with E-state index in [9.17, 15) is 126 Å². The molecule has 0 radical (unpaired) electrons. The van der Waals surface area contributed by atoms with Crippen LogP contribution in [0.2, 0.25) is 0 Å². The molecule has 1 heterocycles. The van der Waals surface area contributed by atoms with Gasteiger partial charge in [-0.3, -0.25) is 51.9 Å². The molecule has 0 aliphatic rings. The second kappa shape index (κ2) is 24.8. The monoisotopic (exact) mass is 1450 g/mol. The summed E-state index contributed by atoms with van der Waals surface area (Å²) < 4.78 is 252. The molecule has 0 atom stereocenters. The van der Waals surface area contributed by atoms with Crippen molar-refractivity contribution in [3.8, 4) is 17.2 Å². The lowest BCUT2D eigenvalue weighted by Gasteiger charge is -2.15. The zero-order valence-electron chi connectivity index (χ0n) is 44.0. The summed E-state index contributed by atoms with van der Waals surface area (Å²) in [7, 11) is -39.2. The number of fused-ring (bicyclic) bond motifs is 2. The number of carboxylic acid groups (broad SMARTS) is 1. The van der Waals surface area contributed by atoms with Crippen LogP contribution in [-0.2, 0) is 80.2 Å². The Morgan fingerprint density at radius 2 is 1.05 bits per heavy atom. The van der Waals surface area contributed by atoms with Crippen LogP contribution in [0.5, 0.6) is 11.5 Å². The van der Waals surface area contributed by atoms with Crippen molar-refractivity contribution in [3.63, 3.8) is 0 Å². The van der Waals surface area contributed by atoms with Crippen molar-refractivity contribution >= 4 is 167 Å². The summed E-state index contributed by atoms with van der Waals surface area (Å²) in [5, 5.41) is 83.0. The number of H-pyrrole nitrogens is 1. The standard InChI is InChI=1S/C42H28N12O31S8/c43-32-24(14-26(88(66,67)68)21-12-25(86-85-84-62)33(39(56)31(21)32)48-45-22-7-3-17(54(60)61)11-27(22)89(69,70)71)47-46-23-8-6-19-20(40(23)93(81,82)83)13-30(92(78,79)80)35(38(19)55)50-44-15-9-28(90(72,73)74)34(29(10-15)91(75,76)77)49-51-36-37(42(58)59)52-53(41(36)57)16-1-4-18(5-2-16)87(63,64)65/h1-14,52,55-56,62H,43H2,(H,58,59)(H,63,64,65)(H,66,67,68)(H,69,70,71)(H,72,73,74)(H,75,76,77)(H,78,79,80)(H,81,82,83). The van der Waals surface area contributed by atoms with Crippen molar-refractivity contribution < 1.29 is 130 Å². The summed E-state index contributed by atoms with van der Waals surface area (Å²) >= 11 is -0.0823. The SMILES string of the molecule is Nc1c(N=Nc2ccc3c(O)c(N=Nc4cc(S(=O)(=O)O)c(N=Nc5c(C(=O)O)[nH]n(-c6ccc(S(=O)(=O)O)cc6)c5=O)c(S(=O)(=O)O)c4)c(S(=O)(=O)O)cc3c2S(=O)(=O)O)cc(S(=O)(=O)O)c2cc(SOOO)c(N=Nc3ccc([N+](=O)[O-])cc3S(=O)(=O)O)c(O)c12. The number of hydrogen-bond donors (Lipinski definition) is 13. The number of anilines is 1. The molecule has 490 valence electrons. The van der Waals surface area contributed by atoms with Crippen molar-refractivity contribution in [1.82, 2.24) is 9.78 Å². The van der Waals surface area contributed by atoms with Gasteiger partial charge in [0.25, 0.3) is 82.1 Å². The Labute approximate surface area is 518 Å². The average Bonchev–Trinajstić information content (AvgIpc) is 1.35. The molecular formula is C42H28N12O31S8. The maximum Gasteiger partial charge on any atom is 0.356 e. The predicted molar refractivity (Wildman–Crippen MR) is 305 cm³/mol. The Hall–Kier alpha value is -9.66. The molecule has 1 aromatic heterocycles. The van der Waals surface area contributed by atoms with Crippen LogP contribution >= 0.6 is 12.0 Å². The number of hydrogen-bond acceptors (Lipinski definition) is 33. The van der Waals surface area contributed by atoms with Crippen LogP contribution < -0.4 is 11.3 Å². The minimum absolute atomic E-state index is 0.0823. The lowest BCUT2D eigenvalue weighted by Crippen LogP contribution is -2.14. The number of nitrogens with zero attached hydrogens (tertiary/aromatic N) is 10. The molecule has 14 N–H and O–H groups in total. The van der Waals surface area contributed by atoms with Crippen LogP contribution in [0, 0.1) is 10.1 Å². The topological polar surface area (TPSA) is 703 Å². The molecule has 8 aromatic rings. The molecule has 0 amide bonds. The molecule has 0 saturated carbocycles. The number of nitro groups is 1. The molecule has 8 rings (SSSR count). The van der Waals surface area contributed by atoms with E-state index >= 15 is 0 Å². The minimum Gasteiger partial charge on any atom is -0.505 e. The number of aromatic carboxylic acids is 1. The fraction of sp³-hybridized carbons (Fsp3) is 0. The van der Waals surface area contributed by atoms with Crippen LogP contribution in [-0.4, -0.2) is 132 Å². The maximum absolute atomic E-state index is 13.4. The Morgan fingerprint density at radius 3 is 1.58 bits per heavy atom. The lowest BCUT2D eigenvalue weighted by atomic mass is 10.0. The summed E-state index contributed by atoms with van der Waals surface area (Å²) in [5.41, 5.74) is -7.83. The quantitative estimate of drug-likeness (QED) is 0.00662. The van der Waals surface area contributed by atoms with Gasteiger partial charge in [0.2, 0.25) is 0 Å². The number of aromatic nitrogens is 2. The first-order valence-electron chi connectivity index (χ1n) is 23.1. The van der Waals surface area contributed by atoms with E-state index in [0.29, 0.717) is 47.1 Å². The van der Waals surface area contributed by atoms with Crippen LogP contribution in [0.3, 0.4) is 0 Å². The molecule has 0 saturated heterocycles. The number of azo groups is 4. The molecule has 0 aliphatic heterocycles. The van der Waals surface area contributed by atoms with E-state index in [-0.39, 0.29) is 35.9 Å². The van der Waals surface area contributed by atoms with Crippen molar-refractivity contribution in [2.75, 3.05) is 5.73 Å². The van der Waals surface area contributed by atoms with E-state index in [2.05, 4.69) is 50.3 Å². The van der Waals surface area contributed by atoms with E-state index in [1.165, 1.54) is 0 Å². The average molecular weight is 1450 g/mol. The fourth-order valence-electron chi connectivity index (χ4n) is 8.10. The first kappa shape index (κ1) is 69.2. The number of nitrogens with one attached hydrogen (secondary N) is 1. The number of rotatable bonds is 21. The second-order valence-electron chi connectivity index (χ2n) is 17.7. The number of nitrogen functional groups attached to an aromatic ring is 1. The number of phenols is 2. The fourth-order valence-corrected chi connectivity index (χ4v) is 13.3. The number of nitro benzene ring substituents is 1. The Kier molecular flexibility index (Phi) is 18.4. The van der Waals surface area contributed by atoms with Gasteiger partial charge < -0.3 is 21.1 Å². The van der Waals surface area contributed by atoms with Crippen LogP contribution in [0.1, 0.15) is 10.5 Å². The second-order valence-corrected chi connectivity index (χ2v) is 28.2. The first-order valence-corrected chi connectivity index (χ1v) is 33.9. The lowest BCUT2D eigenvalue weighted by molar-refractivity contribution is -0.432. The van der Waals surface area contributed by atoms with Gasteiger partial charge in [0.15, 0.2) is 22.9 Å². The highest BCUT2D eigenvalue weighted by molar-refractivity contribution is 7.94. The smallest absolute Gasteiger partial charge is 0.356 e. The number of benzene rings is 7. The zero-order valence-corrected chi connectivity index (χ0v) is 50.5. The minimum atomic E-state index is -5.89. The number of phenolic OH excluding ortho intramolecular Hbond substituents is 2. The maximum atomic E-state index is 13.4. The molecule has 0 aliphatic carbocycles. The van der Waals surface area contributed by atoms with Crippen molar-refractivity contribution in [3.05, 3.63) is 111 Å². The van der Waals surface area contributed by atoms with Crippen LogP contribution in [0.25, 0.3) is 27.2 Å².